The third kappa shape index (κ3) is 3.54. The summed E-state index contributed by atoms with van der Waals surface area (Å²) in [6.07, 6.45) is -0.155. The molecule has 0 radical (unpaired) electrons. The molecular weight excluding hydrogens is 381 g/mol. The second-order valence-corrected chi connectivity index (χ2v) is 8.26. The molecule has 0 aromatic heterocycles. The summed E-state index contributed by atoms with van der Waals surface area (Å²) >= 11 is 0. The fourth-order valence-electron chi connectivity index (χ4n) is 3.41. The molecule has 3 aliphatic rings. The largest absolute Gasteiger partial charge is 0.483 e. The maximum atomic E-state index is 14.7. The van der Waals surface area contributed by atoms with Crippen LogP contribution < -0.4 is 20.4 Å². The van der Waals surface area contributed by atoms with Crippen LogP contribution in [0.2, 0.25) is 0 Å². The highest BCUT2D eigenvalue weighted by molar-refractivity contribution is 6.09. The van der Waals surface area contributed by atoms with Gasteiger partial charge in [0, 0.05) is 19.0 Å². The number of ether oxygens (including phenoxy) is 2. The maximum Gasteiger partial charge on any atom is 0.411 e. The van der Waals surface area contributed by atoms with Crippen molar-refractivity contribution in [3.05, 3.63) is 17.9 Å². The van der Waals surface area contributed by atoms with Crippen LogP contribution in [-0.4, -0.2) is 53.7 Å². The molecule has 0 saturated carbocycles. The van der Waals surface area contributed by atoms with Gasteiger partial charge in [0.2, 0.25) is 0 Å². The van der Waals surface area contributed by atoms with Crippen LogP contribution in [0.4, 0.5) is 20.6 Å². The van der Waals surface area contributed by atoms with E-state index >= 15 is 0 Å². The van der Waals surface area contributed by atoms with E-state index in [9.17, 15) is 14.0 Å². The zero-order chi connectivity index (χ0) is 20.9. The van der Waals surface area contributed by atoms with E-state index in [-0.39, 0.29) is 24.4 Å². The third-order valence-electron chi connectivity index (χ3n) is 4.97. The van der Waals surface area contributed by atoms with Crippen LogP contribution in [0.15, 0.2) is 17.2 Å². The van der Waals surface area contributed by atoms with E-state index in [1.54, 1.807) is 38.7 Å². The van der Waals surface area contributed by atoms with Gasteiger partial charge in [-0.3, -0.25) is 9.69 Å². The number of halogens is 1. The number of likely N-dealkylation sites (tertiary alicyclic amines) is 1. The van der Waals surface area contributed by atoms with Crippen LogP contribution in [-0.2, 0) is 9.53 Å². The molecule has 156 valence electrons. The number of amidine groups is 1. The summed E-state index contributed by atoms with van der Waals surface area (Å²) in [6.45, 7) is 7.80. The van der Waals surface area contributed by atoms with Gasteiger partial charge in [0.25, 0.3) is 5.91 Å². The average molecular weight is 405 g/mol. The van der Waals surface area contributed by atoms with E-state index in [4.69, 9.17) is 9.47 Å². The van der Waals surface area contributed by atoms with Crippen molar-refractivity contribution in [3.63, 3.8) is 0 Å². The van der Waals surface area contributed by atoms with Crippen molar-refractivity contribution in [2.75, 3.05) is 23.4 Å². The molecule has 10 heteroatoms. The van der Waals surface area contributed by atoms with Crippen LogP contribution >= 0.6 is 0 Å². The monoisotopic (exact) mass is 405 g/mol. The summed E-state index contributed by atoms with van der Waals surface area (Å²) in [7, 11) is 0. The van der Waals surface area contributed by atoms with Crippen molar-refractivity contribution in [3.8, 4) is 5.75 Å². The lowest BCUT2D eigenvalue weighted by Crippen LogP contribution is -2.56. The van der Waals surface area contributed by atoms with Gasteiger partial charge in [-0.05, 0) is 33.8 Å². The number of benzene rings is 1. The number of hydrogen-bond acceptors (Lipinski definition) is 7. The number of rotatable bonds is 2. The van der Waals surface area contributed by atoms with Crippen molar-refractivity contribution in [2.45, 2.75) is 51.9 Å². The normalized spacial score (nSPS) is 23.1. The third-order valence-corrected chi connectivity index (χ3v) is 4.97. The zero-order valence-corrected chi connectivity index (χ0v) is 16.8. The van der Waals surface area contributed by atoms with Crippen LogP contribution in [0.5, 0.6) is 5.75 Å². The highest BCUT2D eigenvalue weighted by Gasteiger charge is 2.38. The lowest BCUT2D eigenvalue weighted by Gasteiger charge is -2.42. The molecule has 2 amide bonds. The van der Waals surface area contributed by atoms with Crippen molar-refractivity contribution in [1.29, 1.82) is 0 Å². The van der Waals surface area contributed by atoms with Gasteiger partial charge in [-0.25, -0.2) is 14.6 Å². The molecule has 2 atom stereocenters. The molecule has 0 aliphatic carbocycles. The van der Waals surface area contributed by atoms with E-state index in [1.165, 1.54) is 11.0 Å². The average Bonchev–Trinajstić information content (AvgIpc) is 2.60. The van der Waals surface area contributed by atoms with Gasteiger partial charge in [0.1, 0.15) is 36.0 Å². The Hall–Kier alpha value is -3.04. The molecule has 0 bridgehead atoms. The summed E-state index contributed by atoms with van der Waals surface area (Å²) in [4.78, 5) is 27.6. The SMILES string of the molecule is C[C@@H]1C(=O)NN=C2COc3cc(F)c(NC4CCN4C(=O)OC(C)(C)C)cc3N21. The van der Waals surface area contributed by atoms with E-state index in [0.717, 1.165) is 0 Å². The predicted octanol–water partition coefficient (Wildman–Crippen LogP) is 2.24. The first kappa shape index (κ1) is 19.3. The fourth-order valence-corrected chi connectivity index (χ4v) is 3.41. The first-order valence-electron chi connectivity index (χ1n) is 9.52. The number of carbonyl (C=O) groups is 2. The topological polar surface area (TPSA) is 95.5 Å². The number of amides is 2. The predicted molar refractivity (Wildman–Crippen MR) is 104 cm³/mol. The number of fused-ring (bicyclic) bond motifs is 3. The minimum atomic E-state index is -0.605. The highest BCUT2D eigenvalue weighted by atomic mass is 19.1. The second-order valence-electron chi connectivity index (χ2n) is 8.26. The zero-order valence-electron chi connectivity index (χ0n) is 16.8. The van der Waals surface area contributed by atoms with Gasteiger partial charge < -0.3 is 19.7 Å². The van der Waals surface area contributed by atoms with Crippen LogP contribution in [0.1, 0.15) is 34.1 Å². The lowest BCUT2D eigenvalue weighted by atomic mass is 10.1. The van der Waals surface area contributed by atoms with Gasteiger partial charge in [0.05, 0.1) is 11.4 Å². The first-order chi connectivity index (χ1) is 13.6. The minimum absolute atomic E-state index is 0.138. The van der Waals surface area contributed by atoms with Crippen LogP contribution in [0.25, 0.3) is 0 Å². The number of nitrogens with one attached hydrogen (secondary N) is 2. The molecule has 0 spiro atoms. The van der Waals surface area contributed by atoms with E-state index < -0.39 is 23.6 Å². The summed E-state index contributed by atoms with van der Waals surface area (Å²) in [5.41, 5.74) is 2.61. The standard InChI is InChI=1S/C19H24FN5O4/c1-10-17(26)23-22-16-9-28-14-7-11(20)12(8-13(14)25(10)16)21-15-5-6-24(15)18(27)29-19(2,3)4/h7-8,10,15,21H,5-6,9H2,1-4H3,(H,23,26)/t10-,15?/m1/s1. The van der Waals surface area contributed by atoms with Crippen molar-refractivity contribution < 1.29 is 23.5 Å². The molecule has 4 rings (SSSR count). The molecule has 29 heavy (non-hydrogen) atoms. The fraction of sp³-hybridized carbons (Fsp3) is 0.526. The molecule has 3 heterocycles. The lowest BCUT2D eigenvalue weighted by molar-refractivity contribution is -0.122. The van der Waals surface area contributed by atoms with Gasteiger partial charge in [0.15, 0.2) is 5.84 Å². The van der Waals surface area contributed by atoms with Crippen LogP contribution in [0.3, 0.4) is 0 Å². The van der Waals surface area contributed by atoms with Gasteiger partial charge in [-0.15, -0.1) is 0 Å². The Morgan fingerprint density at radius 3 is 2.83 bits per heavy atom. The molecule has 1 aromatic rings. The van der Waals surface area contributed by atoms with Crippen LogP contribution in [0, 0.1) is 5.82 Å². The Labute approximate surface area is 167 Å². The number of anilines is 2. The molecule has 1 fully saturated rings. The van der Waals surface area contributed by atoms with Crippen molar-refractivity contribution >= 4 is 29.2 Å². The number of nitrogens with zero attached hydrogens (tertiary/aromatic N) is 3. The molecule has 1 aromatic carbocycles. The van der Waals surface area contributed by atoms with Crippen molar-refractivity contribution in [1.82, 2.24) is 10.3 Å². The second kappa shape index (κ2) is 6.78. The van der Waals surface area contributed by atoms with E-state index in [1.807, 2.05) is 0 Å². The van der Waals surface area contributed by atoms with E-state index in [0.29, 0.717) is 30.2 Å². The Morgan fingerprint density at radius 2 is 2.17 bits per heavy atom. The maximum absolute atomic E-state index is 14.7. The molecule has 1 saturated heterocycles. The van der Waals surface area contributed by atoms with Crippen molar-refractivity contribution in [2.24, 2.45) is 5.10 Å². The smallest absolute Gasteiger partial charge is 0.411 e. The molecule has 2 N–H and O–H groups in total. The number of hydrazone groups is 1. The number of hydrogen-bond donors (Lipinski definition) is 2. The van der Waals surface area contributed by atoms with Gasteiger partial charge >= 0.3 is 6.09 Å². The van der Waals surface area contributed by atoms with Gasteiger partial charge in [-0.2, -0.15) is 5.10 Å². The Kier molecular flexibility index (Phi) is 4.51. The van der Waals surface area contributed by atoms with E-state index in [2.05, 4.69) is 15.8 Å². The molecule has 9 nitrogen and oxygen atoms in total. The first-order valence-corrected chi connectivity index (χ1v) is 9.52. The minimum Gasteiger partial charge on any atom is -0.483 e. The quantitative estimate of drug-likeness (QED) is 0.784. The Bertz CT molecular complexity index is 897. The van der Waals surface area contributed by atoms with Gasteiger partial charge in [-0.1, -0.05) is 0 Å². The Morgan fingerprint density at radius 1 is 1.41 bits per heavy atom. The summed E-state index contributed by atoms with van der Waals surface area (Å²) in [5, 5.41) is 7.09. The molecular formula is C19H24FN5O4. The molecule has 3 aliphatic heterocycles. The summed E-state index contributed by atoms with van der Waals surface area (Å²) in [6, 6.07) is 2.36. The molecule has 1 unspecified atom stereocenters. The number of carbonyl (C=O) groups excluding carboxylic acids is 2. The summed E-state index contributed by atoms with van der Waals surface area (Å²) in [5.74, 6) is 0.122. The Balaban J connectivity index is 1.57. The summed E-state index contributed by atoms with van der Waals surface area (Å²) < 4.78 is 25.7. The highest BCUT2D eigenvalue weighted by Crippen LogP contribution is 2.39.